The molecule has 1 aromatic rings. The maximum Gasteiger partial charge on any atom is 0.0991 e. The summed E-state index contributed by atoms with van der Waals surface area (Å²) in [6.45, 7) is 3.61. The van der Waals surface area contributed by atoms with E-state index < -0.39 is 0 Å². The SMILES string of the molecule is CC1COCC(/C=C/c2ccc(C#N)cc2)N1. The number of rotatable bonds is 2. The van der Waals surface area contributed by atoms with E-state index in [1.54, 1.807) is 0 Å². The molecule has 1 aromatic carbocycles. The summed E-state index contributed by atoms with van der Waals surface area (Å²) in [5.74, 6) is 0. The normalized spacial score (nSPS) is 24.7. The molecule has 1 aliphatic heterocycles. The Balaban J connectivity index is 1.97. The first-order valence-electron chi connectivity index (χ1n) is 5.80. The number of hydrogen-bond acceptors (Lipinski definition) is 3. The molecular formula is C14H16N2O. The molecule has 0 saturated carbocycles. The highest BCUT2D eigenvalue weighted by molar-refractivity contribution is 5.51. The van der Waals surface area contributed by atoms with Crippen molar-refractivity contribution in [3.63, 3.8) is 0 Å². The molecule has 0 bridgehead atoms. The highest BCUT2D eigenvalue weighted by atomic mass is 16.5. The van der Waals surface area contributed by atoms with Crippen molar-refractivity contribution in [2.24, 2.45) is 0 Å². The van der Waals surface area contributed by atoms with Gasteiger partial charge in [-0.25, -0.2) is 0 Å². The van der Waals surface area contributed by atoms with Crippen LogP contribution in [0.3, 0.4) is 0 Å². The van der Waals surface area contributed by atoms with Crippen molar-refractivity contribution in [1.29, 1.82) is 5.26 Å². The highest BCUT2D eigenvalue weighted by Crippen LogP contribution is 2.07. The fourth-order valence-electron chi connectivity index (χ4n) is 1.84. The standard InChI is InChI=1S/C14H16N2O/c1-11-9-17-10-14(16-11)7-6-12-2-4-13(8-15)5-3-12/h2-7,11,14,16H,9-10H2,1H3/b7-6+. The lowest BCUT2D eigenvalue weighted by atomic mass is 10.1. The molecule has 2 unspecified atom stereocenters. The Bertz CT molecular complexity index is 431. The van der Waals surface area contributed by atoms with Gasteiger partial charge in [-0.3, -0.25) is 0 Å². The van der Waals surface area contributed by atoms with Crippen LogP contribution in [0.25, 0.3) is 6.08 Å². The molecule has 3 heteroatoms. The van der Waals surface area contributed by atoms with E-state index in [2.05, 4.69) is 30.5 Å². The van der Waals surface area contributed by atoms with Gasteiger partial charge in [-0.05, 0) is 24.6 Å². The van der Waals surface area contributed by atoms with E-state index in [1.807, 2.05) is 24.3 Å². The van der Waals surface area contributed by atoms with Crippen molar-refractivity contribution in [1.82, 2.24) is 5.32 Å². The Morgan fingerprint density at radius 2 is 2.12 bits per heavy atom. The second kappa shape index (κ2) is 5.62. The molecule has 2 atom stereocenters. The van der Waals surface area contributed by atoms with Gasteiger partial charge in [0.2, 0.25) is 0 Å². The summed E-state index contributed by atoms with van der Waals surface area (Å²) in [6.07, 6.45) is 4.16. The smallest absolute Gasteiger partial charge is 0.0991 e. The average Bonchev–Trinajstić information content (AvgIpc) is 2.37. The van der Waals surface area contributed by atoms with Crippen LogP contribution in [-0.2, 0) is 4.74 Å². The van der Waals surface area contributed by atoms with E-state index in [0.29, 0.717) is 11.6 Å². The number of nitriles is 1. The molecule has 2 rings (SSSR count). The topological polar surface area (TPSA) is 45.0 Å². The van der Waals surface area contributed by atoms with Crippen LogP contribution in [0.15, 0.2) is 30.3 Å². The largest absolute Gasteiger partial charge is 0.378 e. The van der Waals surface area contributed by atoms with Crippen LogP contribution < -0.4 is 5.32 Å². The third-order valence-corrected chi connectivity index (χ3v) is 2.72. The predicted octanol–water partition coefficient (Wildman–Crippen LogP) is 1.95. The summed E-state index contributed by atoms with van der Waals surface area (Å²) in [6, 6.07) is 10.3. The molecule has 0 amide bonds. The van der Waals surface area contributed by atoms with Gasteiger partial charge in [-0.2, -0.15) is 5.26 Å². The maximum atomic E-state index is 8.70. The third kappa shape index (κ3) is 3.42. The zero-order valence-electron chi connectivity index (χ0n) is 9.89. The fourth-order valence-corrected chi connectivity index (χ4v) is 1.84. The zero-order valence-corrected chi connectivity index (χ0v) is 9.89. The molecule has 3 nitrogen and oxygen atoms in total. The van der Waals surface area contributed by atoms with Gasteiger partial charge in [0.15, 0.2) is 0 Å². The number of ether oxygens (including phenoxy) is 1. The number of nitrogens with zero attached hydrogens (tertiary/aromatic N) is 1. The lowest BCUT2D eigenvalue weighted by Crippen LogP contribution is -2.46. The number of nitrogens with one attached hydrogen (secondary N) is 1. The molecule has 0 aliphatic carbocycles. The van der Waals surface area contributed by atoms with Gasteiger partial charge in [-0.1, -0.05) is 24.3 Å². The lowest BCUT2D eigenvalue weighted by molar-refractivity contribution is 0.0637. The minimum Gasteiger partial charge on any atom is -0.378 e. The molecule has 0 spiro atoms. The van der Waals surface area contributed by atoms with Gasteiger partial charge in [-0.15, -0.1) is 0 Å². The lowest BCUT2D eigenvalue weighted by Gasteiger charge is -2.26. The van der Waals surface area contributed by atoms with Crippen LogP contribution in [0, 0.1) is 11.3 Å². The van der Waals surface area contributed by atoms with Crippen LogP contribution >= 0.6 is 0 Å². The molecule has 1 N–H and O–H groups in total. The van der Waals surface area contributed by atoms with Crippen molar-refractivity contribution < 1.29 is 4.74 Å². The van der Waals surface area contributed by atoms with Crippen molar-refractivity contribution in [3.05, 3.63) is 41.5 Å². The summed E-state index contributed by atoms with van der Waals surface area (Å²) in [7, 11) is 0. The quantitative estimate of drug-likeness (QED) is 0.841. The van der Waals surface area contributed by atoms with Crippen molar-refractivity contribution >= 4 is 6.08 Å². The van der Waals surface area contributed by atoms with Gasteiger partial charge in [0.05, 0.1) is 24.8 Å². The molecule has 17 heavy (non-hydrogen) atoms. The summed E-state index contributed by atoms with van der Waals surface area (Å²) >= 11 is 0. The number of benzene rings is 1. The molecule has 0 aromatic heterocycles. The van der Waals surface area contributed by atoms with E-state index in [9.17, 15) is 0 Å². The van der Waals surface area contributed by atoms with Gasteiger partial charge in [0, 0.05) is 12.1 Å². The summed E-state index contributed by atoms with van der Waals surface area (Å²) in [4.78, 5) is 0. The second-order valence-electron chi connectivity index (χ2n) is 4.30. The van der Waals surface area contributed by atoms with Crippen LogP contribution in [0.2, 0.25) is 0 Å². The average molecular weight is 228 g/mol. The first-order chi connectivity index (χ1) is 8.28. The van der Waals surface area contributed by atoms with E-state index in [4.69, 9.17) is 10.00 Å². The summed E-state index contributed by atoms with van der Waals surface area (Å²) < 4.78 is 5.46. The number of morpholine rings is 1. The van der Waals surface area contributed by atoms with Crippen LogP contribution in [-0.4, -0.2) is 25.3 Å². The Kier molecular flexibility index (Phi) is 3.92. The molecular weight excluding hydrogens is 212 g/mol. The fraction of sp³-hybridized carbons (Fsp3) is 0.357. The van der Waals surface area contributed by atoms with Crippen LogP contribution in [0.1, 0.15) is 18.1 Å². The third-order valence-electron chi connectivity index (χ3n) is 2.72. The van der Waals surface area contributed by atoms with Crippen molar-refractivity contribution in [3.8, 4) is 6.07 Å². The highest BCUT2D eigenvalue weighted by Gasteiger charge is 2.15. The van der Waals surface area contributed by atoms with E-state index in [0.717, 1.165) is 18.8 Å². The van der Waals surface area contributed by atoms with Crippen molar-refractivity contribution in [2.45, 2.75) is 19.0 Å². The molecule has 0 radical (unpaired) electrons. The van der Waals surface area contributed by atoms with Crippen LogP contribution in [0.4, 0.5) is 0 Å². The van der Waals surface area contributed by atoms with E-state index in [-0.39, 0.29) is 6.04 Å². The van der Waals surface area contributed by atoms with E-state index in [1.165, 1.54) is 0 Å². The monoisotopic (exact) mass is 228 g/mol. The molecule has 1 heterocycles. The predicted molar refractivity (Wildman–Crippen MR) is 67.4 cm³/mol. The van der Waals surface area contributed by atoms with Gasteiger partial charge in [0.25, 0.3) is 0 Å². The maximum absolute atomic E-state index is 8.70. The molecule has 1 saturated heterocycles. The zero-order chi connectivity index (χ0) is 12.1. The molecule has 1 fully saturated rings. The van der Waals surface area contributed by atoms with Gasteiger partial charge >= 0.3 is 0 Å². The Labute approximate surface area is 102 Å². The first kappa shape index (κ1) is 11.8. The minimum absolute atomic E-state index is 0.273. The van der Waals surface area contributed by atoms with Crippen LogP contribution in [0.5, 0.6) is 0 Å². The Morgan fingerprint density at radius 3 is 2.76 bits per heavy atom. The van der Waals surface area contributed by atoms with Gasteiger partial charge in [0.1, 0.15) is 0 Å². The van der Waals surface area contributed by atoms with Gasteiger partial charge < -0.3 is 10.1 Å². The summed E-state index contributed by atoms with van der Waals surface area (Å²) in [5.41, 5.74) is 1.79. The Morgan fingerprint density at radius 1 is 1.35 bits per heavy atom. The van der Waals surface area contributed by atoms with Crippen molar-refractivity contribution in [2.75, 3.05) is 13.2 Å². The van der Waals surface area contributed by atoms with E-state index >= 15 is 0 Å². The first-order valence-corrected chi connectivity index (χ1v) is 5.80. The molecule has 88 valence electrons. The Hall–Kier alpha value is -1.63. The minimum atomic E-state index is 0.273. The summed E-state index contributed by atoms with van der Waals surface area (Å²) in [5, 5.41) is 12.1. The molecule has 1 aliphatic rings. The number of hydrogen-bond donors (Lipinski definition) is 1. The second-order valence-corrected chi connectivity index (χ2v) is 4.30.